The predicted octanol–water partition coefficient (Wildman–Crippen LogP) is 6.02. The van der Waals surface area contributed by atoms with Crippen molar-refractivity contribution in [3.8, 4) is 11.1 Å². The summed E-state index contributed by atoms with van der Waals surface area (Å²) in [7, 11) is 0. The van der Waals surface area contributed by atoms with Crippen molar-refractivity contribution in [1.82, 2.24) is 0 Å². The van der Waals surface area contributed by atoms with Gasteiger partial charge in [-0.05, 0) is 0 Å². The van der Waals surface area contributed by atoms with Crippen LogP contribution in [0.2, 0.25) is 0 Å². The monoisotopic (exact) mass is 732 g/mol. The molecule has 0 N–H and O–H groups in total. The van der Waals surface area contributed by atoms with Gasteiger partial charge in [-0.15, -0.1) is 0 Å². The summed E-state index contributed by atoms with van der Waals surface area (Å²) >= 11 is -2.56. The molecule has 0 amide bonds. The molecule has 0 nitrogen and oxygen atoms in total. The van der Waals surface area contributed by atoms with Gasteiger partial charge in [-0.25, -0.2) is 0 Å². The molecule has 2 aliphatic carbocycles. The Bertz CT molecular complexity index is 1620. The molecule has 5 rings (SSSR count). The molecule has 0 aromatic heterocycles. The van der Waals surface area contributed by atoms with E-state index < -0.39 is 21.3 Å². The molecule has 0 bridgehead atoms. The third-order valence-electron chi connectivity index (χ3n) is 9.96. The van der Waals surface area contributed by atoms with Crippen LogP contribution in [-0.2, 0) is 37.5 Å². The standard InChI is InChI=1S/C21H25.C11H17.C11H14.2ClH.Zr/c1-20(2,3)16-9-7-14-11-15-8-10-17(21(4,5)6)13-19(15)18(14)12-16;1-8-6-9(2)10(7-8)11(3,4)5;1-9-5-7-10(8-6-9)11(2,3)4;;;/h7-13H,1-6H3;7-8H,1-5H3;1,5-8H,2-4H3;2*1H;/q;;;;;+2/p-2. The topological polar surface area (TPSA) is 0 Å². The van der Waals surface area contributed by atoms with Gasteiger partial charge < -0.3 is 24.8 Å². The van der Waals surface area contributed by atoms with Gasteiger partial charge in [-0.2, -0.15) is 0 Å². The summed E-state index contributed by atoms with van der Waals surface area (Å²) in [6.07, 6.45) is 2.60. The fraction of sp³-hybridized carbons (Fsp3) is 0.465. The van der Waals surface area contributed by atoms with E-state index >= 15 is 0 Å². The van der Waals surface area contributed by atoms with Crippen molar-refractivity contribution in [2.45, 2.75) is 117 Å². The summed E-state index contributed by atoms with van der Waals surface area (Å²) in [5, 5.41) is 0. The molecule has 0 aliphatic heterocycles. The molecule has 0 saturated heterocycles. The van der Waals surface area contributed by atoms with Crippen LogP contribution in [0.4, 0.5) is 0 Å². The van der Waals surface area contributed by atoms with Crippen LogP contribution in [0, 0.1) is 11.3 Å². The zero-order valence-corrected chi connectivity index (χ0v) is 34.8. The number of rotatable bonds is 3. The van der Waals surface area contributed by atoms with Crippen LogP contribution in [0.1, 0.15) is 134 Å². The largest absolute Gasteiger partial charge is 1.00 e. The van der Waals surface area contributed by atoms with Crippen molar-refractivity contribution >= 4 is 3.71 Å². The summed E-state index contributed by atoms with van der Waals surface area (Å²) in [4.78, 5) is 0. The molecule has 0 saturated carbocycles. The fourth-order valence-corrected chi connectivity index (χ4v) is 16.0. The van der Waals surface area contributed by atoms with Gasteiger partial charge >= 0.3 is 279 Å². The quantitative estimate of drug-likeness (QED) is 0.309. The van der Waals surface area contributed by atoms with E-state index in [-0.39, 0.29) is 46.5 Å². The summed E-state index contributed by atoms with van der Waals surface area (Å²) in [5.74, 6) is 0.485. The number of allylic oxidation sites excluding steroid dienone is 4. The van der Waals surface area contributed by atoms with Crippen LogP contribution in [-0.4, -0.2) is 3.71 Å². The zero-order valence-electron chi connectivity index (χ0n) is 30.8. The Hall–Kier alpha value is -1.53. The molecule has 0 fully saturated rings. The first kappa shape index (κ1) is 38.9. The molecule has 1 unspecified atom stereocenters. The van der Waals surface area contributed by atoms with Crippen molar-refractivity contribution in [2.75, 3.05) is 0 Å². The fourth-order valence-electron chi connectivity index (χ4n) is 7.33. The van der Waals surface area contributed by atoms with E-state index in [4.69, 9.17) is 0 Å². The molecule has 0 heterocycles. The van der Waals surface area contributed by atoms with Crippen molar-refractivity contribution in [2.24, 2.45) is 11.3 Å². The Morgan fingerprint density at radius 3 is 1.35 bits per heavy atom. The second kappa shape index (κ2) is 13.4. The van der Waals surface area contributed by atoms with E-state index in [1.807, 2.05) is 0 Å². The number of fused-ring (bicyclic) bond motifs is 3. The Morgan fingerprint density at radius 2 is 0.978 bits per heavy atom. The zero-order chi connectivity index (χ0) is 32.6. The van der Waals surface area contributed by atoms with Gasteiger partial charge in [-0.3, -0.25) is 0 Å². The van der Waals surface area contributed by atoms with Crippen molar-refractivity contribution in [3.63, 3.8) is 0 Å². The maximum absolute atomic E-state index is 2.79. The predicted molar refractivity (Wildman–Crippen MR) is 191 cm³/mol. The summed E-state index contributed by atoms with van der Waals surface area (Å²) < 4.78 is 5.04. The van der Waals surface area contributed by atoms with Crippen molar-refractivity contribution in [3.05, 3.63) is 115 Å². The first-order valence-electron chi connectivity index (χ1n) is 16.7. The van der Waals surface area contributed by atoms with Crippen LogP contribution in [0.25, 0.3) is 11.1 Å². The van der Waals surface area contributed by atoms with Crippen LogP contribution in [0.5, 0.6) is 0 Å². The van der Waals surface area contributed by atoms with Crippen LogP contribution in [0.15, 0.2) is 81.2 Å². The third-order valence-corrected chi connectivity index (χ3v) is 18.2. The van der Waals surface area contributed by atoms with E-state index in [1.54, 1.807) is 25.6 Å². The van der Waals surface area contributed by atoms with E-state index in [9.17, 15) is 0 Å². The molecule has 0 radical (unpaired) electrons. The third kappa shape index (κ3) is 7.53. The Morgan fingerprint density at radius 1 is 0.565 bits per heavy atom. The summed E-state index contributed by atoms with van der Waals surface area (Å²) in [6.45, 7) is 33.1. The summed E-state index contributed by atoms with van der Waals surface area (Å²) in [6, 6.07) is 24.5. The Labute approximate surface area is 301 Å². The van der Waals surface area contributed by atoms with E-state index in [0.29, 0.717) is 9.54 Å². The van der Waals surface area contributed by atoms with Crippen LogP contribution in [0.3, 0.4) is 0 Å². The SMILES string of the molecule is CC1=[C](/[Zr+2](=[CH]/c2ccc(C(C)(C)C)cc2)[CH]2c3ccc(C(C)(C)C)cc3-c3cc(C(C)(C)C)ccc32)C(C)C=C1C(C)(C)C.[Cl-].[Cl-]. The number of halogens is 2. The van der Waals surface area contributed by atoms with E-state index in [0.717, 1.165) is 0 Å². The molecule has 1 atom stereocenters. The van der Waals surface area contributed by atoms with E-state index in [2.05, 4.69) is 167 Å². The maximum atomic E-state index is 2.79. The molecular weight excluding hydrogens is 679 g/mol. The minimum atomic E-state index is -2.56. The van der Waals surface area contributed by atoms with Crippen molar-refractivity contribution in [1.29, 1.82) is 0 Å². The average molecular weight is 735 g/mol. The number of hydrogen-bond donors (Lipinski definition) is 0. The molecule has 246 valence electrons. The summed E-state index contributed by atoms with van der Waals surface area (Å²) in [5.41, 5.74) is 15.4. The van der Waals surface area contributed by atoms with Gasteiger partial charge in [0.2, 0.25) is 0 Å². The minimum Gasteiger partial charge on any atom is -1.00 e. The molecule has 3 aromatic carbocycles. The van der Waals surface area contributed by atoms with Gasteiger partial charge in [0.1, 0.15) is 0 Å². The van der Waals surface area contributed by atoms with Gasteiger partial charge in [0, 0.05) is 0 Å². The Kier molecular flexibility index (Phi) is 11.3. The second-order valence-electron chi connectivity index (χ2n) is 17.7. The second-order valence-corrected chi connectivity index (χ2v) is 23.4. The van der Waals surface area contributed by atoms with Crippen LogP contribution < -0.4 is 24.8 Å². The average Bonchev–Trinajstić information content (AvgIpc) is 3.39. The van der Waals surface area contributed by atoms with Crippen LogP contribution >= 0.6 is 0 Å². The first-order valence-corrected chi connectivity index (χ1v) is 20.8. The Balaban J connectivity index is 0.00000288. The molecular formula is C43H56Cl2Zr. The molecule has 0 spiro atoms. The number of hydrogen-bond acceptors (Lipinski definition) is 0. The minimum absolute atomic E-state index is 0. The molecule has 3 heteroatoms. The van der Waals surface area contributed by atoms with Gasteiger partial charge in [0.15, 0.2) is 0 Å². The first-order chi connectivity index (χ1) is 20.2. The van der Waals surface area contributed by atoms with Gasteiger partial charge in [0.25, 0.3) is 0 Å². The molecule has 46 heavy (non-hydrogen) atoms. The molecule has 2 aliphatic rings. The smallest absolute Gasteiger partial charge is 1.00 e. The maximum Gasteiger partial charge on any atom is -1.00 e. The number of benzene rings is 3. The molecule has 3 aromatic rings. The van der Waals surface area contributed by atoms with Gasteiger partial charge in [-0.1, -0.05) is 0 Å². The van der Waals surface area contributed by atoms with Crippen molar-refractivity contribution < 1.29 is 46.1 Å². The van der Waals surface area contributed by atoms with E-state index in [1.165, 1.54) is 33.4 Å². The van der Waals surface area contributed by atoms with Gasteiger partial charge in [0.05, 0.1) is 0 Å². The normalized spacial score (nSPS) is 16.9.